The molecule has 12 heteroatoms. The number of nitrogens with one attached hydrogen (secondary N) is 1. The van der Waals surface area contributed by atoms with Crippen LogP contribution in [0, 0.1) is 14.9 Å². The molecule has 0 aliphatic heterocycles. The van der Waals surface area contributed by atoms with Crippen molar-refractivity contribution in [3.8, 4) is 0 Å². The van der Waals surface area contributed by atoms with Crippen LogP contribution in [0.3, 0.4) is 0 Å². The van der Waals surface area contributed by atoms with Gasteiger partial charge in [0.2, 0.25) is 5.28 Å². The van der Waals surface area contributed by atoms with Gasteiger partial charge in [-0.05, 0) is 82.5 Å². The monoisotopic (exact) mass is 672 g/mol. The second kappa shape index (κ2) is 9.47. The van der Waals surface area contributed by atoms with E-state index in [1.165, 1.54) is 6.92 Å². The van der Waals surface area contributed by atoms with Crippen molar-refractivity contribution in [1.29, 1.82) is 0 Å². The van der Waals surface area contributed by atoms with Gasteiger partial charge in [0, 0.05) is 23.0 Å². The molecule has 0 spiro atoms. The van der Waals surface area contributed by atoms with E-state index in [0.717, 1.165) is 15.6 Å². The molecular formula is C23H21BrClIN5O4-. The average molecular weight is 674 g/mol. The zero-order valence-electron chi connectivity index (χ0n) is 18.6. The summed E-state index contributed by atoms with van der Waals surface area (Å²) in [6.45, 7) is 1.90. The molecule has 1 N–H and O–H groups in total. The first-order valence-corrected chi connectivity index (χ1v) is 13.5. The van der Waals surface area contributed by atoms with Crippen molar-refractivity contribution in [1.82, 2.24) is 19.5 Å². The summed E-state index contributed by atoms with van der Waals surface area (Å²) in [6, 6.07) is 7.83. The summed E-state index contributed by atoms with van der Waals surface area (Å²) in [7, 11) is 0. The molecule has 2 aliphatic rings. The van der Waals surface area contributed by atoms with Crippen molar-refractivity contribution in [3.05, 3.63) is 45.0 Å². The van der Waals surface area contributed by atoms with Crippen LogP contribution >= 0.6 is 50.1 Å². The number of benzene rings is 1. The van der Waals surface area contributed by atoms with Crippen molar-refractivity contribution in [2.45, 2.75) is 49.7 Å². The molecule has 2 fully saturated rings. The smallest absolute Gasteiger partial charge is 0.303 e. The van der Waals surface area contributed by atoms with Crippen LogP contribution in [-0.4, -0.2) is 42.4 Å². The fraction of sp³-hybridized carbons (Fsp3) is 0.435. The number of ether oxygens (including phenoxy) is 1. The van der Waals surface area contributed by atoms with Gasteiger partial charge in [-0.1, -0.05) is 28.1 Å². The molecule has 1 aromatic carbocycles. The molecule has 0 saturated heterocycles. The summed E-state index contributed by atoms with van der Waals surface area (Å²) in [6.07, 6.45) is 2.34. The molecule has 0 unspecified atom stereocenters. The summed E-state index contributed by atoms with van der Waals surface area (Å²) in [5.74, 6) is -0.898. The van der Waals surface area contributed by atoms with Gasteiger partial charge >= 0.3 is 5.97 Å². The largest absolute Gasteiger partial charge is 0.550 e. The molecule has 35 heavy (non-hydrogen) atoms. The molecule has 2 saturated carbocycles. The molecule has 2 aromatic heterocycles. The normalized spacial score (nSPS) is 27.0. The Kier molecular flexibility index (Phi) is 6.68. The first-order chi connectivity index (χ1) is 16.7. The molecule has 5 rings (SSSR count). The van der Waals surface area contributed by atoms with Gasteiger partial charge in [-0.2, -0.15) is 9.97 Å². The van der Waals surface area contributed by atoms with Gasteiger partial charge in [-0.3, -0.25) is 4.79 Å². The van der Waals surface area contributed by atoms with Crippen molar-refractivity contribution < 1.29 is 19.4 Å². The molecule has 5 atom stereocenters. The zero-order chi connectivity index (χ0) is 24.9. The Morgan fingerprint density at radius 2 is 2.20 bits per heavy atom. The predicted molar refractivity (Wildman–Crippen MR) is 139 cm³/mol. The number of halogens is 3. The van der Waals surface area contributed by atoms with Crippen LogP contribution in [0.4, 0.5) is 5.82 Å². The Bertz CT molecular complexity index is 1320. The van der Waals surface area contributed by atoms with Crippen molar-refractivity contribution >= 4 is 79.0 Å². The zero-order valence-corrected chi connectivity index (χ0v) is 23.1. The number of carbonyl (C=O) groups excluding carboxylic acids is 2. The van der Waals surface area contributed by atoms with E-state index in [2.05, 4.69) is 64.9 Å². The van der Waals surface area contributed by atoms with Gasteiger partial charge < -0.3 is 24.5 Å². The quantitative estimate of drug-likeness (QED) is 0.167. The second-order valence-corrected chi connectivity index (χ2v) is 11.6. The average Bonchev–Trinajstić information content (AvgIpc) is 3.30. The number of carboxylic acids is 1. The van der Waals surface area contributed by atoms with E-state index in [9.17, 15) is 14.7 Å². The number of alkyl halides is 1. The third-order valence-electron chi connectivity index (χ3n) is 6.93. The van der Waals surface area contributed by atoms with Gasteiger partial charge in [-0.15, -0.1) is 0 Å². The fourth-order valence-corrected chi connectivity index (χ4v) is 7.30. The summed E-state index contributed by atoms with van der Waals surface area (Å²) >= 11 is 12.3. The van der Waals surface area contributed by atoms with E-state index in [1.807, 2.05) is 22.8 Å². The van der Waals surface area contributed by atoms with E-state index < -0.39 is 18.0 Å². The minimum absolute atomic E-state index is 0.0523. The minimum atomic E-state index is -1.09. The summed E-state index contributed by atoms with van der Waals surface area (Å²) in [4.78, 5) is 36.3. The number of carboxylic acid groups (broad SMARTS) is 1. The van der Waals surface area contributed by atoms with Gasteiger partial charge in [0.15, 0.2) is 17.0 Å². The molecular weight excluding hydrogens is 653 g/mol. The van der Waals surface area contributed by atoms with Gasteiger partial charge in [0.05, 0.1) is 17.2 Å². The first kappa shape index (κ1) is 24.7. The lowest BCUT2D eigenvalue weighted by Crippen LogP contribution is -2.35. The maximum atomic E-state index is 11.9. The number of imidazole rings is 1. The lowest BCUT2D eigenvalue weighted by atomic mass is 9.96. The molecule has 2 aliphatic carbocycles. The fourth-order valence-electron chi connectivity index (χ4n) is 5.36. The van der Waals surface area contributed by atoms with Crippen LogP contribution in [0.15, 0.2) is 30.6 Å². The van der Waals surface area contributed by atoms with Crippen molar-refractivity contribution in [2.75, 3.05) is 5.32 Å². The maximum absolute atomic E-state index is 11.9. The van der Waals surface area contributed by atoms with E-state index in [4.69, 9.17) is 16.3 Å². The van der Waals surface area contributed by atoms with Crippen LogP contribution in [0.2, 0.25) is 5.28 Å². The van der Waals surface area contributed by atoms with Gasteiger partial charge in [0.25, 0.3) is 0 Å². The number of carbonyl (C=O) groups is 2. The standard InChI is InChI=1S/C23H22BrClIN5O4/c1-11(32)35-18-17(14-8-23(14,19(18)24)6-5-15(33)34)31-10-28-16-20(29-22(25)30-21(16)31)27-9-12-3-2-4-13(26)7-12/h2-4,7,10,14,17-19H,5-6,8-9H2,1H3,(H,33,34)(H,27,29,30)/p-1/t14-,17-,18+,19-,23-/m1/s1. The highest BCUT2D eigenvalue weighted by atomic mass is 127. The van der Waals surface area contributed by atoms with Crippen LogP contribution in [0.5, 0.6) is 0 Å². The number of esters is 1. The molecule has 0 radical (unpaired) electrons. The molecule has 2 heterocycles. The topological polar surface area (TPSA) is 122 Å². The Hall–Kier alpha value is -1.99. The van der Waals surface area contributed by atoms with Crippen LogP contribution in [0.25, 0.3) is 11.2 Å². The van der Waals surface area contributed by atoms with Crippen molar-refractivity contribution in [3.63, 3.8) is 0 Å². The lowest BCUT2D eigenvalue weighted by Gasteiger charge is -2.28. The molecule has 0 amide bonds. The lowest BCUT2D eigenvalue weighted by molar-refractivity contribution is -0.306. The summed E-state index contributed by atoms with van der Waals surface area (Å²) in [5.41, 5.74) is 1.87. The number of aliphatic carboxylic acids is 1. The van der Waals surface area contributed by atoms with Crippen molar-refractivity contribution in [2.24, 2.45) is 11.3 Å². The SMILES string of the molecule is CC(=O)O[C@H]1[C@H](n2cnc3c(NCc4cccc(I)c4)nc(Cl)nc32)[C@H]2C[C@@]2(CCC(=O)[O-])[C@@H]1Br. The van der Waals surface area contributed by atoms with E-state index >= 15 is 0 Å². The van der Waals surface area contributed by atoms with E-state index in [-0.39, 0.29) is 33.9 Å². The Morgan fingerprint density at radius 1 is 1.40 bits per heavy atom. The molecule has 9 nitrogen and oxygen atoms in total. The Balaban J connectivity index is 1.49. The Morgan fingerprint density at radius 3 is 2.91 bits per heavy atom. The number of hydrogen-bond acceptors (Lipinski definition) is 8. The van der Waals surface area contributed by atoms with E-state index in [0.29, 0.717) is 29.9 Å². The highest BCUT2D eigenvalue weighted by Gasteiger charge is 2.71. The van der Waals surface area contributed by atoms with Gasteiger partial charge in [-0.25, -0.2) is 4.98 Å². The van der Waals surface area contributed by atoms with E-state index in [1.54, 1.807) is 6.33 Å². The summed E-state index contributed by atoms with van der Waals surface area (Å²) in [5, 5.41) is 14.5. The number of anilines is 1. The number of rotatable bonds is 8. The maximum Gasteiger partial charge on any atom is 0.303 e. The van der Waals surface area contributed by atoms with Crippen LogP contribution < -0.4 is 10.4 Å². The number of aromatic nitrogens is 4. The Labute approximate surface area is 228 Å². The number of nitrogens with zero attached hydrogens (tertiary/aromatic N) is 4. The number of fused-ring (bicyclic) bond motifs is 2. The second-order valence-electron chi connectivity index (χ2n) is 9.03. The molecule has 184 valence electrons. The molecule has 3 aromatic rings. The third kappa shape index (κ3) is 4.62. The minimum Gasteiger partial charge on any atom is -0.550 e. The highest BCUT2D eigenvalue weighted by Crippen LogP contribution is 2.72. The highest BCUT2D eigenvalue weighted by molar-refractivity contribution is 14.1. The molecule has 0 bridgehead atoms. The first-order valence-electron chi connectivity index (χ1n) is 11.1. The van der Waals surface area contributed by atoms with Crippen LogP contribution in [0.1, 0.15) is 37.8 Å². The predicted octanol–water partition coefficient (Wildman–Crippen LogP) is 3.48. The van der Waals surface area contributed by atoms with Crippen LogP contribution in [-0.2, 0) is 20.9 Å². The third-order valence-corrected chi connectivity index (χ3v) is 9.20. The van der Waals surface area contributed by atoms with Gasteiger partial charge in [0.1, 0.15) is 6.10 Å². The summed E-state index contributed by atoms with van der Waals surface area (Å²) < 4.78 is 8.75. The number of hydrogen-bond donors (Lipinski definition) is 1.